The molecule has 1 atom stereocenters. The van der Waals surface area contributed by atoms with E-state index < -0.39 is 23.6 Å². The van der Waals surface area contributed by atoms with E-state index in [2.05, 4.69) is 29.8 Å². The van der Waals surface area contributed by atoms with Crippen molar-refractivity contribution in [2.45, 2.75) is 89.5 Å². The number of phenolic OH excluding ortho intramolecular Hbond substituents is 1. The summed E-state index contributed by atoms with van der Waals surface area (Å²) in [5.74, 6) is -2.38. The Kier molecular flexibility index (Phi) is 16.3. The molecular weight excluding hydrogens is 816 g/mol. The highest BCUT2D eigenvalue weighted by molar-refractivity contribution is 9.10. The number of rotatable bonds is 8. The van der Waals surface area contributed by atoms with Crippen molar-refractivity contribution in [1.29, 1.82) is 0 Å². The van der Waals surface area contributed by atoms with E-state index in [1.807, 2.05) is 71.9 Å². The SMILES string of the molecule is CCC.COC1=CC(O)=CC(=O)C1C(C)=O.Cc1cc(OC(=O)c2c(C)c(C)c(C)c(Br)c2O)c(-c2ccccc2)c(C)c1C(=O)Oc1c(C)c(C)c(C=O)c(C)c1C. The molecule has 0 spiro atoms. The average molecular weight is 870 g/mol. The van der Waals surface area contributed by atoms with Crippen LogP contribution in [-0.2, 0) is 14.3 Å². The highest BCUT2D eigenvalue weighted by atomic mass is 79.9. The van der Waals surface area contributed by atoms with E-state index in [-0.39, 0.29) is 34.4 Å². The maximum atomic E-state index is 13.8. The molecule has 0 fully saturated rings. The number of allylic oxidation sites excluding steroid dienone is 3. The molecule has 0 saturated heterocycles. The Morgan fingerprint density at radius 1 is 0.746 bits per heavy atom. The van der Waals surface area contributed by atoms with Gasteiger partial charge in [-0.1, -0.05) is 50.6 Å². The molecule has 4 aromatic rings. The van der Waals surface area contributed by atoms with Crippen LogP contribution in [0.3, 0.4) is 0 Å². The lowest BCUT2D eigenvalue weighted by atomic mass is 9.91. The van der Waals surface area contributed by atoms with E-state index in [1.165, 1.54) is 26.5 Å². The molecule has 2 N–H and O–H groups in total. The quantitative estimate of drug-likeness (QED) is 0.0757. The van der Waals surface area contributed by atoms with E-state index in [1.54, 1.807) is 26.8 Å². The number of esters is 2. The molecule has 0 radical (unpaired) electrons. The summed E-state index contributed by atoms with van der Waals surface area (Å²) >= 11 is 3.40. The molecule has 312 valence electrons. The fraction of sp³-hybridized carbons (Fsp3) is 0.312. The maximum absolute atomic E-state index is 13.8. The van der Waals surface area contributed by atoms with Gasteiger partial charge in [0.2, 0.25) is 0 Å². The van der Waals surface area contributed by atoms with Gasteiger partial charge in [-0.15, -0.1) is 0 Å². The lowest BCUT2D eigenvalue weighted by Crippen LogP contribution is -2.26. The Morgan fingerprint density at radius 3 is 1.80 bits per heavy atom. The number of ether oxygens (including phenoxy) is 3. The van der Waals surface area contributed by atoms with Gasteiger partial charge in [0.25, 0.3) is 0 Å². The summed E-state index contributed by atoms with van der Waals surface area (Å²) in [5.41, 5.74) is 8.73. The molecule has 0 amide bonds. The van der Waals surface area contributed by atoms with Crippen molar-refractivity contribution in [3.05, 3.63) is 131 Å². The minimum Gasteiger partial charge on any atom is -0.508 e. The Morgan fingerprint density at radius 2 is 1.29 bits per heavy atom. The molecule has 0 aromatic heterocycles. The Bertz CT molecular complexity index is 2330. The largest absolute Gasteiger partial charge is 0.508 e. The van der Waals surface area contributed by atoms with Gasteiger partial charge < -0.3 is 24.4 Å². The number of hydrogen-bond acceptors (Lipinski definition) is 10. The molecule has 0 bridgehead atoms. The number of hydrogen-bond donors (Lipinski definition) is 2. The predicted molar refractivity (Wildman–Crippen MR) is 233 cm³/mol. The third-order valence-corrected chi connectivity index (χ3v) is 11.4. The Balaban J connectivity index is 0.000000487. The third-order valence-electron chi connectivity index (χ3n) is 10.4. The molecule has 1 aliphatic rings. The van der Waals surface area contributed by atoms with Crippen LogP contribution in [0.4, 0.5) is 0 Å². The summed E-state index contributed by atoms with van der Waals surface area (Å²) in [6.07, 6.45) is 4.37. The van der Waals surface area contributed by atoms with Crippen molar-refractivity contribution in [3.63, 3.8) is 0 Å². The summed E-state index contributed by atoms with van der Waals surface area (Å²) in [6, 6.07) is 11.0. The number of carbonyl (C=O) groups excluding carboxylic acids is 5. The van der Waals surface area contributed by atoms with Crippen LogP contribution in [0.2, 0.25) is 0 Å². The van der Waals surface area contributed by atoms with Crippen LogP contribution < -0.4 is 9.47 Å². The van der Waals surface area contributed by atoms with Gasteiger partial charge in [0.1, 0.15) is 46.0 Å². The highest BCUT2D eigenvalue weighted by Gasteiger charge is 2.31. The van der Waals surface area contributed by atoms with Gasteiger partial charge in [0.15, 0.2) is 12.1 Å². The summed E-state index contributed by atoms with van der Waals surface area (Å²) < 4.78 is 17.3. The number of aryl methyl sites for hydroxylation is 1. The first-order chi connectivity index (χ1) is 27.7. The van der Waals surface area contributed by atoms with Gasteiger partial charge in [0, 0.05) is 23.3 Å². The number of aldehydes is 1. The molecule has 5 rings (SSSR count). The minimum absolute atomic E-state index is 0.0724. The molecule has 1 aliphatic carbocycles. The van der Waals surface area contributed by atoms with Crippen molar-refractivity contribution in [3.8, 4) is 28.4 Å². The zero-order chi connectivity index (χ0) is 44.6. The molecule has 0 heterocycles. The molecule has 10 nitrogen and oxygen atoms in total. The third kappa shape index (κ3) is 10.1. The first-order valence-corrected chi connectivity index (χ1v) is 19.9. The standard InChI is InChI=1S/C36H35BrO6.C9H10O4.C3H8/c1-17-15-28(42-36(41)31-21(5)18(2)22(6)32(37)33(31)39)30(26-13-11-10-12-14-26)25(9)29(17)35(40)43-34-23(7)19(3)27(16-38)20(4)24(34)8;1-5(10)9-7(12)3-6(11)4-8(9)13-2;1-3-2/h10-16,39H,1-9H3;3-4,9,11H,1-2H3;3H2,1-2H3. The predicted octanol–water partition coefficient (Wildman–Crippen LogP) is 11.0. The number of ketones is 2. The number of phenols is 1. The van der Waals surface area contributed by atoms with Crippen LogP contribution in [0.15, 0.2) is 64.5 Å². The van der Waals surface area contributed by atoms with Crippen LogP contribution in [-0.4, -0.2) is 47.1 Å². The van der Waals surface area contributed by atoms with Crippen molar-refractivity contribution >= 4 is 45.7 Å². The number of carbonyl (C=O) groups is 5. The number of halogens is 1. The van der Waals surface area contributed by atoms with E-state index >= 15 is 0 Å². The second-order valence-electron chi connectivity index (χ2n) is 14.5. The lowest BCUT2D eigenvalue weighted by molar-refractivity contribution is -0.129. The highest BCUT2D eigenvalue weighted by Crippen LogP contribution is 2.41. The molecule has 11 heteroatoms. The van der Waals surface area contributed by atoms with Gasteiger partial charge in [-0.2, -0.15) is 0 Å². The van der Waals surface area contributed by atoms with Crippen LogP contribution in [0, 0.1) is 68.2 Å². The average Bonchev–Trinajstić information content (AvgIpc) is 3.17. The maximum Gasteiger partial charge on any atom is 0.347 e. The minimum atomic E-state index is -0.888. The summed E-state index contributed by atoms with van der Waals surface area (Å²) in [7, 11) is 1.35. The van der Waals surface area contributed by atoms with Gasteiger partial charge in [-0.25, -0.2) is 9.59 Å². The molecule has 4 aromatic carbocycles. The van der Waals surface area contributed by atoms with E-state index in [4.69, 9.17) is 19.3 Å². The van der Waals surface area contributed by atoms with E-state index in [9.17, 15) is 29.1 Å². The summed E-state index contributed by atoms with van der Waals surface area (Å²) in [6.45, 7) is 22.0. The normalized spacial score (nSPS) is 13.1. The number of Topliss-reactive ketones (excluding diaryl/α,β-unsaturated/α-hetero) is 1. The first-order valence-electron chi connectivity index (χ1n) is 19.1. The van der Waals surface area contributed by atoms with Crippen LogP contribution in [0.25, 0.3) is 11.1 Å². The topological polar surface area (TPSA) is 154 Å². The van der Waals surface area contributed by atoms with E-state index in [0.29, 0.717) is 43.6 Å². The number of benzene rings is 4. The van der Waals surface area contributed by atoms with Gasteiger partial charge in [0.05, 0.1) is 17.1 Å². The molecular formula is C48H53BrO10. The lowest BCUT2D eigenvalue weighted by Gasteiger charge is -2.21. The fourth-order valence-corrected chi connectivity index (χ4v) is 7.30. The van der Waals surface area contributed by atoms with Gasteiger partial charge >= 0.3 is 11.9 Å². The Hall–Kier alpha value is -5.81. The second-order valence-corrected chi connectivity index (χ2v) is 15.3. The van der Waals surface area contributed by atoms with Crippen LogP contribution in [0.1, 0.15) is 108 Å². The van der Waals surface area contributed by atoms with Crippen molar-refractivity contribution in [2.24, 2.45) is 5.92 Å². The van der Waals surface area contributed by atoms with Gasteiger partial charge in [-0.3, -0.25) is 14.4 Å². The van der Waals surface area contributed by atoms with E-state index in [0.717, 1.165) is 51.3 Å². The smallest absolute Gasteiger partial charge is 0.347 e. The summed E-state index contributed by atoms with van der Waals surface area (Å²) in [5, 5.41) is 19.9. The van der Waals surface area contributed by atoms with Crippen molar-refractivity contribution in [1.82, 2.24) is 0 Å². The number of aliphatic hydroxyl groups excluding tert-OH is 1. The molecule has 59 heavy (non-hydrogen) atoms. The van der Waals surface area contributed by atoms with Crippen LogP contribution in [0.5, 0.6) is 17.2 Å². The zero-order valence-electron chi connectivity index (χ0n) is 36.0. The first kappa shape index (κ1) is 47.6. The summed E-state index contributed by atoms with van der Waals surface area (Å²) in [4.78, 5) is 61.4. The van der Waals surface area contributed by atoms with Gasteiger partial charge in [-0.05, 0) is 147 Å². The number of aromatic hydroxyl groups is 1. The fourth-order valence-electron chi connectivity index (χ4n) is 6.80. The Labute approximate surface area is 355 Å². The molecule has 0 saturated carbocycles. The molecule has 0 aliphatic heterocycles. The number of methoxy groups -OCH3 is 1. The molecule has 1 unspecified atom stereocenters. The monoisotopic (exact) mass is 868 g/mol. The zero-order valence-corrected chi connectivity index (χ0v) is 37.6. The van der Waals surface area contributed by atoms with Crippen molar-refractivity contribution < 1.29 is 48.4 Å². The van der Waals surface area contributed by atoms with Crippen LogP contribution >= 0.6 is 15.9 Å². The van der Waals surface area contributed by atoms with Crippen molar-refractivity contribution in [2.75, 3.05) is 7.11 Å². The number of aliphatic hydroxyl groups is 1. The second kappa shape index (κ2) is 20.2.